The second-order valence-corrected chi connectivity index (χ2v) is 4.37. The number of nitrogens with two attached hydrogens (primary N) is 1. The molecule has 1 aromatic heterocycles. The maximum Gasteiger partial charge on any atom is 0.311 e. The lowest BCUT2D eigenvalue weighted by atomic mass is 10.3. The van der Waals surface area contributed by atoms with Gasteiger partial charge in [0.05, 0.1) is 4.92 Å². The summed E-state index contributed by atoms with van der Waals surface area (Å²) in [6.07, 6.45) is 3.06. The number of hydrogen-bond donors (Lipinski definition) is 2. The van der Waals surface area contributed by atoms with Gasteiger partial charge in [0.15, 0.2) is 0 Å². The molecular weight excluding hydrogens is 234 g/mol. The van der Waals surface area contributed by atoms with E-state index in [1.54, 1.807) is 0 Å². The monoisotopic (exact) mass is 251 g/mol. The van der Waals surface area contributed by atoms with Gasteiger partial charge in [-0.2, -0.15) is 0 Å². The van der Waals surface area contributed by atoms with Crippen molar-refractivity contribution in [3.05, 3.63) is 22.2 Å². The average molecular weight is 251 g/mol. The standard InChI is InChI=1S/C11H17N5O2/c1-2-7-15(8-3-4-8)11-9(16(17)18)5-6-10(13-11)14-12/h5-6,8H,2-4,7,12H2,1H3,(H,13,14). The first kappa shape index (κ1) is 12.6. The van der Waals surface area contributed by atoms with E-state index in [9.17, 15) is 10.1 Å². The van der Waals surface area contributed by atoms with Gasteiger partial charge in [-0.25, -0.2) is 10.8 Å². The summed E-state index contributed by atoms with van der Waals surface area (Å²) in [5.41, 5.74) is 2.47. The summed E-state index contributed by atoms with van der Waals surface area (Å²) in [4.78, 5) is 16.9. The van der Waals surface area contributed by atoms with Crippen LogP contribution < -0.4 is 16.2 Å². The zero-order valence-electron chi connectivity index (χ0n) is 10.3. The molecule has 7 nitrogen and oxygen atoms in total. The maximum atomic E-state index is 11.1. The molecule has 0 spiro atoms. The topological polar surface area (TPSA) is 97.3 Å². The lowest BCUT2D eigenvalue weighted by molar-refractivity contribution is -0.384. The van der Waals surface area contributed by atoms with Gasteiger partial charge in [-0.3, -0.25) is 10.1 Å². The van der Waals surface area contributed by atoms with Gasteiger partial charge in [0.1, 0.15) is 5.82 Å². The smallest absolute Gasteiger partial charge is 0.311 e. The van der Waals surface area contributed by atoms with Crippen LogP contribution in [0, 0.1) is 10.1 Å². The van der Waals surface area contributed by atoms with Crippen molar-refractivity contribution in [3.63, 3.8) is 0 Å². The first-order valence-electron chi connectivity index (χ1n) is 6.06. The number of rotatable bonds is 6. The molecule has 0 bridgehead atoms. The Bertz CT molecular complexity index is 447. The van der Waals surface area contributed by atoms with Crippen LogP contribution in [0.15, 0.2) is 12.1 Å². The zero-order valence-corrected chi connectivity index (χ0v) is 10.3. The Kier molecular flexibility index (Phi) is 3.61. The van der Waals surface area contributed by atoms with Gasteiger partial charge in [-0.1, -0.05) is 6.92 Å². The molecule has 1 fully saturated rings. The third kappa shape index (κ3) is 2.51. The fourth-order valence-electron chi connectivity index (χ4n) is 1.96. The fourth-order valence-corrected chi connectivity index (χ4v) is 1.96. The summed E-state index contributed by atoms with van der Waals surface area (Å²) in [7, 11) is 0. The van der Waals surface area contributed by atoms with E-state index >= 15 is 0 Å². The molecule has 0 aliphatic heterocycles. The highest BCUT2D eigenvalue weighted by molar-refractivity contribution is 5.62. The minimum atomic E-state index is -0.395. The molecule has 0 radical (unpaired) electrons. The van der Waals surface area contributed by atoms with Crippen LogP contribution in [0.4, 0.5) is 17.3 Å². The molecular formula is C11H17N5O2. The Hall–Kier alpha value is -1.89. The lowest BCUT2D eigenvalue weighted by Crippen LogP contribution is -2.28. The number of hydrogen-bond acceptors (Lipinski definition) is 6. The molecule has 0 atom stereocenters. The van der Waals surface area contributed by atoms with Crippen LogP contribution in [-0.2, 0) is 0 Å². The fraction of sp³-hybridized carbons (Fsp3) is 0.545. The van der Waals surface area contributed by atoms with E-state index in [2.05, 4.69) is 10.4 Å². The van der Waals surface area contributed by atoms with Gasteiger partial charge in [0, 0.05) is 18.7 Å². The van der Waals surface area contributed by atoms with Crippen molar-refractivity contribution in [3.8, 4) is 0 Å². The number of anilines is 2. The first-order chi connectivity index (χ1) is 8.67. The second kappa shape index (κ2) is 5.18. The van der Waals surface area contributed by atoms with E-state index in [1.807, 2.05) is 11.8 Å². The third-order valence-electron chi connectivity index (χ3n) is 2.92. The highest BCUT2D eigenvalue weighted by Gasteiger charge is 2.33. The van der Waals surface area contributed by atoms with Crippen molar-refractivity contribution < 1.29 is 4.92 Å². The van der Waals surface area contributed by atoms with Crippen molar-refractivity contribution in [2.45, 2.75) is 32.2 Å². The molecule has 2 rings (SSSR count). The van der Waals surface area contributed by atoms with Crippen molar-refractivity contribution >= 4 is 17.3 Å². The highest BCUT2D eigenvalue weighted by Crippen LogP contribution is 2.36. The number of aromatic nitrogens is 1. The van der Waals surface area contributed by atoms with Gasteiger partial charge < -0.3 is 10.3 Å². The molecule has 0 amide bonds. The van der Waals surface area contributed by atoms with Crippen molar-refractivity contribution in [2.24, 2.45) is 5.84 Å². The minimum absolute atomic E-state index is 0.0364. The third-order valence-corrected chi connectivity index (χ3v) is 2.92. The number of nitrogens with one attached hydrogen (secondary N) is 1. The van der Waals surface area contributed by atoms with Gasteiger partial charge >= 0.3 is 5.69 Å². The van der Waals surface area contributed by atoms with Crippen LogP contribution in [-0.4, -0.2) is 22.5 Å². The van der Waals surface area contributed by atoms with Crippen LogP contribution >= 0.6 is 0 Å². The van der Waals surface area contributed by atoms with Crippen LogP contribution in [0.25, 0.3) is 0 Å². The number of nitrogens with zero attached hydrogens (tertiary/aromatic N) is 3. The van der Waals surface area contributed by atoms with Crippen LogP contribution in [0.5, 0.6) is 0 Å². The molecule has 0 unspecified atom stereocenters. The highest BCUT2D eigenvalue weighted by atomic mass is 16.6. The molecule has 1 heterocycles. The molecule has 1 aromatic rings. The Labute approximate surface area is 105 Å². The average Bonchev–Trinajstić information content (AvgIpc) is 3.19. The molecule has 0 aromatic carbocycles. The molecule has 7 heteroatoms. The van der Waals surface area contributed by atoms with Gasteiger partial charge in [-0.05, 0) is 25.3 Å². The zero-order chi connectivity index (χ0) is 13.1. The Morgan fingerprint density at radius 1 is 1.61 bits per heavy atom. The minimum Gasteiger partial charge on any atom is -0.348 e. The SMILES string of the molecule is CCCN(c1nc(NN)ccc1[N+](=O)[O-])C1CC1. The number of hydrazine groups is 1. The summed E-state index contributed by atoms with van der Waals surface area (Å²) in [6, 6.07) is 3.34. The summed E-state index contributed by atoms with van der Waals surface area (Å²) >= 11 is 0. The van der Waals surface area contributed by atoms with Gasteiger partial charge in [-0.15, -0.1) is 0 Å². The predicted molar refractivity (Wildman–Crippen MR) is 69.4 cm³/mol. The quantitative estimate of drug-likeness (QED) is 0.453. The molecule has 3 N–H and O–H groups in total. The summed E-state index contributed by atoms with van der Waals surface area (Å²) in [6.45, 7) is 2.82. The lowest BCUT2D eigenvalue weighted by Gasteiger charge is -2.22. The molecule has 1 aliphatic carbocycles. The molecule has 0 saturated heterocycles. The van der Waals surface area contributed by atoms with Crippen LogP contribution in [0.2, 0.25) is 0 Å². The van der Waals surface area contributed by atoms with E-state index in [1.165, 1.54) is 12.1 Å². The number of pyridine rings is 1. The summed E-state index contributed by atoms with van der Waals surface area (Å²) in [5, 5.41) is 11.1. The largest absolute Gasteiger partial charge is 0.348 e. The van der Waals surface area contributed by atoms with Crippen LogP contribution in [0.3, 0.4) is 0 Å². The Morgan fingerprint density at radius 2 is 2.33 bits per heavy atom. The van der Waals surface area contributed by atoms with Crippen molar-refractivity contribution in [1.82, 2.24) is 4.98 Å². The molecule has 18 heavy (non-hydrogen) atoms. The van der Waals surface area contributed by atoms with E-state index < -0.39 is 4.92 Å². The normalized spacial score (nSPS) is 14.3. The number of nitro groups is 1. The second-order valence-electron chi connectivity index (χ2n) is 4.37. The summed E-state index contributed by atoms with van der Waals surface area (Å²) in [5.74, 6) is 6.17. The van der Waals surface area contributed by atoms with Crippen molar-refractivity contribution in [2.75, 3.05) is 16.9 Å². The maximum absolute atomic E-state index is 11.1. The summed E-state index contributed by atoms with van der Waals surface area (Å²) < 4.78 is 0. The molecule has 1 aliphatic rings. The predicted octanol–water partition coefficient (Wildman–Crippen LogP) is 1.65. The van der Waals surface area contributed by atoms with Gasteiger partial charge in [0.2, 0.25) is 5.82 Å². The van der Waals surface area contributed by atoms with E-state index in [0.29, 0.717) is 17.7 Å². The van der Waals surface area contributed by atoms with Crippen molar-refractivity contribution in [1.29, 1.82) is 0 Å². The van der Waals surface area contributed by atoms with E-state index in [4.69, 9.17) is 5.84 Å². The first-order valence-corrected chi connectivity index (χ1v) is 6.06. The van der Waals surface area contributed by atoms with E-state index in [0.717, 1.165) is 25.8 Å². The Morgan fingerprint density at radius 3 is 2.83 bits per heavy atom. The Balaban J connectivity index is 2.40. The van der Waals surface area contributed by atoms with Crippen LogP contribution in [0.1, 0.15) is 26.2 Å². The van der Waals surface area contributed by atoms with Gasteiger partial charge in [0.25, 0.3) is 0 Å². The molecule has 1 saturated carbocycles. The number of nitrogen functional groups attached to an aromatic ring is 1. The molecule has 98 valence electrons. The van der Waals surface area contributed by atoms with E-state index in [-0.39, 0.29) is 5.69 Å².